The monoisotopic (exact) mass is 157 g/mol. The minimum atomic E-state index is 0. The fourth-order valence-corrected chi connectivity index (χ4v) is 0.538. The molecule has 4 heteroatoms. The second-order valence-corrected chi connectivity index (χ2v) is 1.56. The number of nitrogens with two attached hydrogens (primary N) is 1. The van der Waals surface area contributed by atoms with Gasteiger partial charge in [-0.2, -0.15) is 5.10 Å². The van der Waals surface area contributed by atoms with Gasteiger partial charge in [0.1, 0.15) is 0 Å². The third-order valence-corrected chi connectivity index (χ3v) is 0.908. The van der Waals surface area contributed by atoms with Gasteiger partial charge in [0.2, 0.25) is 0 Å². The van der Waals surface area contributed by atoms with E-state index in [1.807, 2.05) is 12.1 Å². The molecule has 0 amide bonds. The number of hydrogen-bond acceptors (Lipinski definition) is 3. The van der Waals surface area contributed by atoms with E-state index in [2.05, 4.69) is 10.1 Å². The third-order valence-electron chi connectivity index (χ3n) is 0.908. The molecule has 0 saturated heterocycles. The van der Waals surface area contributed by atoms with Crippen molar-refractivity contribution in [3.8, 4) is 0 Å². The number of hydrogen-bond donors (Lipinski definition) is 1. The lowest BCUT2D eigenvalue weighted by Crippen LogP contribution is -1.85. The van der Waals surface area contributed by atoms with Crippen LogP contribution < -0.4 is 5.84 Å². The van der Waals surface area contributed by atoms with Crippen LogP contribution in [0.5, 0.6) is 0 Å². The van der Waals surface area contributed by atoms with E-state index in [1.165, 1.54) is 0 Å². The number of aromatic nitrogens is 1. The third kappa shape index (κ3) is 2.46. The van der Waals surface area contributed by atoms with E-state index in [0.717, 1.165) is 5.56 Å². The van der Waals surface area contributed by atoms with Crippen molar-refractivity contribution in [3.63, 3.8) is 0 Å². The van der Waals surface area contributed by atoms with Gasteiger partial charge in [-0.3, -0.25) is 4.98 Å². The molecule has 3 nitrogen and oxygen atoms in total. The summed E-state index contributed by atoms with van der Waals surface area (Å²) in [6, 6.07) is 3.71. The zero-order chi connectivity index (χ0) is 6.53. The SMILES string of the molecule is Cl.N/N=C/c1cccnc1. The summed E-state index contributed by atoms with van der Waals surface area (Å²) in [6.45, 7) is 0. The molecular weight excluding hydrogens is 150 g/mol. The molecule has 1 heterocycles. The summed E-state index contributed by atoms with van der Waals surface area (Å²) in [4.78, 5) is 3.86. The summed E-state index contributed by atoms with van der Waals surface area (Å²) in [7, 11) is 0. The smallest absolute Gasteiger partial charge is 0.0553 e. The van der Waals surface area contributed by atoms with Crippen LogP contribution in [0.3, 0.4) is 0 Å². The summed E-state index contributed by atoms with van der Waals surface area (Å²) in [6.07, 6.45) is 4.94. The van der Waals surface area contributed by atoms with E-state index in [9.17, 15) is 0 Å². The molecule has 0 unspecified atom stereocenters. The first-order valence-electron chi connectivity index (χ1n) is 2.57. The highest BCUT2D eigenvalue weighted by Gasteiger charge is 1.80. The lowest BCUT2D eigenvalue weighted by molar-refractivity contribution is 1.25. The maximum absolute atomic E-state index is 4.90. The van der Waals surface area contributed by atoms with Gasteiger partial charge in [0, 0.05) is 18.0 Å². The van der Waals surface area contributed by atoms with Crippen LogP contribution in [0, 0.1) is 0 Å². The van der Waals surface area contributed by atoms with Crippen LogP contribution in [0.2, 0.25) is 0 Å². The van der Waals surface area contributed by atoms with Crippen LogP contribution in [-0.2, 0) is 0 Å². The topological polar surface area (TPSA) is 51.3 Å². The van der Waals surface area contributed by atoms with Gasteiger partial charge in [-0.1, -0.05) is 6.07 Å². The first-order valence-corrected chi connectivity index (χ1v) is 2.57. The number of halogens is 1. The van der Waals surface area contributed by atoms with Crippen molar-refractivity contribution < 1.29 is 0 Å². The van der Waals surface area contributed by atoms with E-state index >= 15 is 0 Å². The molecule has 0 aliphatic carbocycles. The van der Waals surface area contributed by atoms with Gasteiger partial charge in [-0.25, -0.2) is 0 Å². The van der Waals surface area contributed by atoms with Crippen molar-refractivity contribution in [1.29, 1.82) is 0 Å². The summed E-state index contributed by atoms with van der Waals surface area (Å²) in [5.41, 5.74) is 0.917. The summed E-state index contributed by atoms with van der Waals surface area (Å²) in [5, 5.41) is 3.34. The summed E-state index contributed by atoms with van der Waals surface area (Å²) in [5.74, 6) is 4.90. The lowest BCUT2D eigenvalue weighted by Gasteiger charge is -1.85. The van der Waals surface area contributed by atoms with Crippen molar-refractivity contribution in [2.24, 2.45) is 10.9 Å². The predicted molar refractivity (Wildman–Crippen MR) is 43.3 cm³/mol. The largest absolute Gasteiger partial charge is 0.323 e. The van der Waals surface area contributed by atoms with Gasteiger partial charge >= 0.3 is 0 Å². The first-order chi connectivity index (χ1) is 4.43. The minimum Gasteiger partial charge on any atom is -0.323 e. The van der Waals surface area contributed by atoms with Crippen LogP contribution in [0.15, 0.2) is 29.6 Å². The summed E-state index contributed by atoms with van der Waals surface area (Å²) >= 11 is 0. The molecule has 1 rings (SSSR count). The lowest BCUT2D eigenvalue weighted by atomic mass is 10.3. The predicted octanol–water partition coefficient (Wildman–Crippen LogP) is 0.796. The van der Waals surface area contributed by atoms with E-state index in [0.29, 0.717) is 0 Å². The molecule has 2 N–H and O–H groups in total. The van der Waals surface area contributed by atoms with Crippen molar-refractivity contribution in [3.05, 3.63) is 30.1 Å². The van der Waals surface area contributed by atoms with Crippen LogP contribution in [0.25, 0.3) is 0 Å². The fraction of sp³-hybridized carbons (Fsp3) is 0. The van der Waals surface area contributed by atoms with Gasteiger partial charge in [0.15, 0.2) is 0 Å². The van der Waals surface area contributed by atoms with Gasteiger partial charge < -0.3 is 5.84 Å². The molecule has 0 aliphatic rings. The Morgan fingerprint density at radius 3 is 2.90 bits per heavy atom. The number of hydrazone groups is 1. The molecule has 0 fully saturated rings. The molecule has 10 heavy (non-hydrogen) atoms. The maximum atomic E-state index is 4.90. The molecular formula is C6H8ClN3. The fourth-order valence-electron chi connectivity index (χ4n) is 0.538. The molecule has 0 atom stereocenters. The molecule has 1 aromatic heterocycles. The van der Waals surface area contributed by atoms with Gasteiger partial charge in [0.25, 0.3) is 0 Å². The Labute approximate surface area is 65.4 Å². The average Bonchev–Trinajstić information content (AvgIpc) is 1.91. The van der Waals surface area contributed by atoms with Crippen molar-refractivity contribution in [2.75, 3.05) is 0 Å². The van der Waals surface area contributed by atoms with Crippen molar-refractivity contribution in [2.45, 2.75) is 0 Å². The van der Waals surface area contributed by atoms with E-state index in [4.69, 9.17) is 5.84 Å². The number of rotatable bonds is 1. The Balaban J connectivity index is 0.000000810. The Kier molecular flexibility index (Phi) is 4.24. The number of nitrogens with zero attached hydrogens (tertiary/aromatic N) is 2. The average molecular weight is 158 g/mol. The standard InChI is InChI=1S/C6H7N3.ClH/c7-9-5-6-2-1-3-8-4-6;/h1-5H,7H2;1H/b9-5+;. The molecule has 0 radical (unpaired) electrons. The number of pyridine rings is 1. The molecule has 0 aromatic carbocycles. The van der Waals surface area contributed by atoms with Crippen LogP contribution in [-0.4, -0.2) is 11.2 Å². The zero-order valence-electron chi connectivity index (χ0n) is 5.27. The minimum absolute atomic E-state index is 0. The second-order valence-electron chi connectivity index (χ2n) is 1.56. The Bertz CT molecular complexity index is 197. The zero-order valence-corrected chi connectivity index (χ0v) is 6.08. The molecule has 0 spiro atoms. The normalized spacial score (nSPS) is 9.20. The van der Waals surface area contributed by atoms with Gasteiger partial charge in [0.05, 0.1) is 6.21 Å². The van der Waals surface area contributed by atoms with E-state index < -0.39 is 0 Å². The Morgan fingerprint density at radius 2 is 2.40 bits per heavy atom. The highest BCUT2D eigenvalue weighted by Crippen LogP contribution is 1.88. The first kappa shape index (κ1) is 8.91. The van der Waals surface area contributed by atoms with E-state index in [-0.39, 0.29) is 12.4 Å². The highest BCUT2D eigenvalue weighted by atomic mass is 35.5. The van der Waals surface area contributed by atoms with Crippen LogP contribution in [0.1, 0.15) is 5.56 Å². The van der Waals surface area contributed by atoms with Gasteiger partial charge in [-0.05, 0) is 6.07 Å². The second kappa shape index (κ2) is 4.76. The maximum Gasteiger partial charge on any atom is 0.0553 e. The van der Waals surface area contributed by atoms with Crippen LogP contribution >= 0.6 is 12.4 Å². The van der Waals surface area contributed by atoms with E-state index in [1.54, 1.807) is 18.6 Å². The molecule has 0 aliphatic heterocycles. The molecule has 1 aromatic rings. The van der Waals surface area contributed by atoms with Gasteiger partial charge in [-0.15, -0.1) is 12.4 Å². The molecule has 54 valence electrons. The summed E-state index contributed by atoms with van der Waals surface area (Å²) < 4.78 is 0. The van der Waals surface area contributed by atoms with Crippen molar-refractivity contribution in [1.82, 2.24) is 4.98 Å². The Morgan fingerprint density at radius 1 is 1.60 bits per heavy atom. The quantitative estimate of drug-likeness (QED) is 0.372. The highest BCUT2D eigenvalue weighted by molar-refractivity contribution is 5.85. The Hall–Kier alpha value is -1.09. The van der Waals surface area contributed by atoms with Crippen LogP contribution in [0.4, 0.5) is 0 Å². The molecule has 0 saturated carbocycles. The van der Waals surface area contributed by atoms with Crippen molar-refractivity contribution >= 4 is 18.6 Å². The molecule has 0 bridgehead atoms.